The van der Waals surface area contributed by atoms with E-state index in [-0.39, 0.29) is 6.04 Å². The maximum Gasteiger partial charge on any atom is 0.150 e. The molecule has 1 heterocycles. The minimum absolute atomic E-state index is 0.162. The van der Waals surface area contributed by atoms with Gasteiger partial charge in [-0.1, -0.05) is 41.3 Å². The monoisotopic (exact) mass is 298 g/mol. The first-order valence-electron chi connectivity index (χ1n) is 6.20. The molecule has 0 radical (unpaired) electrons. The maximum atomic E-state index is 6.23. The zero-order chi connectivity index (χ0) is 13.8. The highest BCUT2D eigenvalue weighted by atomic mass is 35.5. The predicted octanol–water partition coefficient (Wildman–Crippen LogP) is 4.53. The van der Waals surface area contributed by atoms with Gasteiger partial charge in [-0.2, -0.15) is 0 Å². The van der Waals surface area contributed by atoms with Gasteiger partial charge in [0.1, 0.15) is 0 Å². The summed E-state index contributed by atoms with van der Waals surface area (Å²) in [7, 11) is 0. The summed E-state index contributed by atoms with van der Waals surface area (Å²) < 4.78 is 5.18. The third kappa shape index (κ3) is 3.72. The molecule has 2 aromatic rings. The van der Waals surface area contributed by atoms with E-state index in [0.717, 1.165) is 23.4 Å². The van der Waals surface area contributed by atoms with Crippen LogP contribution in [-0.2, 0) is 6.54 Å². The van der Waals surface area contributed by atoms with Crippen molar-refractivity contribution < 1.29 is 4.52 Å². The highest BCUT2D eigenvalue weighted by Gasteiger charge is 2.13. The van der Waals surface area contributed by atoms with Crippen LogP contribution in [0.2, 0.25) is 10.0 Å². The largest absolute Gasteiger partial charge is 0.360 e. The molecule has 0 aliphatic heterocycles. The smallest absolute Gasteiger partial charge is 0.150 e. The Balaban J connectivity index is 2.07. The molecule has 0 saturated heterocycles. The molecule has 0 aliphatic carbocycles. The Morgan fingerprint density at radius 3 is 2.68 bits per heavy atom. The number of nitrogens with zero attached hydrogens (tertiary/aromatic N) is 1. The fraction of sp³-hybridized carbons (Fsp3) is 0.357. The van der Waals surface area contributed by atoms with Gasteiger partial charge in [-0.25, -0.2) is 0 Å². The Bertz CT molecular complexity index is 554. The Hall–Kier alpha value is -1.03. The van der Waals surface area contributed by atoms with Crippen LogP contribution in [0.1, 0.15) is 36.4 Å². The minimum atomic E-state index is 0.162. The van der Waals surface area contributed by atoms with Gasteiger partial charge in [0.25, 0.3) is 0 Å². The Kier molecular flexibility index (Phi) is 4.86. The molecule has 0 spiro atoms. The second-order valence-corrected chi connectivity index (χ2v) is 5.29. The molecule has 0 fully saturated rings. The van der Waals surface area contributed by atoms with E-state index in [1.807, 2.05) is 25.1 Å². The SMILES string of the molecule is CCC(NCc1cc(C)no1)c1ccc(Cl)cc1Cl. The number of nitrogens with one attached hydrogen (secondary N) is 1. The summed E-state index contributed by atoms with van der Waals surface area (Å²) in [5, 5.41) is 8.61. The molecule has 2 rings (SSSR count). The number of hydrogen-bond acceptors (Lipinski definition) is 3. The number of aromatic nitrogens is 1. The molecule has 0 saturated carbocycles. The molecule has 1 atom stereocenters. The van der Waals surface area contributed by atoms with Gasteiger partial charge >= 0.3 is 0 Å². The van der Waals surface area contributed by atoms with Gasteiger partial charge < -0.3 is 9.84 Å². The van der Waals surface area contributed by atoms with Crippen molar-refractivity contribution in [2.24, 2.45) is 0 Å². The third-order valence-electron chi connectivity index (χ3n) is 2.95. The van der Waals surface area contributed by atoms with Crippen molar-refractivity contribution in [2.45, 2.75) is 32.9 Å². The van der Waals surface area contributed by atoms with E-state index in [0.29, 0.717) is 16.6 Å². The van der Waals surface area contributed by atoms with Crippen LogP contribution in [0.5, 0.6) is 0 Å². The number of halogens is 2. The number of rotatable bonds is 5. The number of hydrogen-bond donors (Lipinski definition) is 1. The minimum Gasteiger partial charge on any atom is -0.360 e. The first-order valence-corrected chi connectivity index (χ1v) is 6.96. The molecule has 102 valence electrons. The first-order chi connectivity index (χ1) is 9.10. The van der Waals surface area contributed by atoms with Crippen LogP contribution in [0.3, 0.4) is 0 Å². The lowest BCUT2D eigenvalue weighted by atomic mass is 10.0. The van der Waals surface area contributed by atoms with E-state index in [1.54, 1.807) is 6.07 Å². The number of benzene rings is 1. The highest BCUT2D eigenvalue weighted by Crippen LogP contribution is 2.28. The van der Waals surface area contributed by atoms with E-state index in [1.165, 1.54) is 0 Å². The standard InChI is InChI=1S/C14H16Cl2N2O/c1-3-14(12-5-4-10(15)7-13(12)16)17-8-11-6-9(2)18-19-11/h4-7,14,17H,3,8H2,1-2H3. The van der Waals surface area contributed by atoms with E-state index >= 15 is 0 Å². The molecule has 5 heteroatoms. The summed E-state index contributed by atoms with van der Waals surface area (Å²) in [6, 6.07) is 7.66. The molecule has 1 unspecified atom stereocenters. The van der Waals surface area contributed by atoms with Gasteiger partial charge in [0.2, 0.25) is 0 Å². The molecule has 1 N–H and O–H groups in total. The lowest BCUT2D eigenvalue weighted by Gasteiger charge is -2.18. The summed E-state index contributed by atoms with van der Waals surface area (Å²) in [6.45, 7) is 4.63. The van der Waals surface area contributed by atoms with Crippen LogP contribution < -0.4 is 5.32 Å². The van der Waals surface area contributed by atoms with Crippen LogP contribution in [0.25, 0.3) is 0 Å². The molecular formula is C14H16Cl2N2O. The molecular weight excluding hydrogens is 283 g/mol. The van der Waals surface area contributed by atoms with Gasteiger partial charge in [0.15, 0.2) is 5.76 Å². The Morgan fingerprint density at radius 2 is 2.11 bits per heavy atom. The summed E-state index contributed by atoms with van der Waals surface area (Å²) in [5.74, 6) is 0.820. The van der Waals surface area contributed by atoms with E-state index in [9.17, 15) is 0 Å². The van der Waals surface area contributed by atoms with E-state index < -0.39 is 0 Å². The molecule has 0 amide bonds. The molecule has 3 nitrogen and oxygen atoms in total. The fourth-order valence-electron chi connectivity index (χ4n) is 1.98. The van der Waals surface area contributed by atoms with Crippen LogP contribution in [0.4, 0.5) is 0 Å². The van der Waals surface area contributed by atoms with Crippen molar-refractivity contribution in [1.82, 2.24) is 10.5 Å². The van der Waals surface area contributed by atoms with Gasteiger partial charge in [-0.15, -0.1) is 0 Å². The maximum absolute atomic E-state index is 6.23. The average Bonchev–Trinajstić information content (AvgIpc) is 2.78. The van der Waals surface area contributed by atoms with Crippen molar-refractivity contribution >= 4 is 23.2 Å². The van der Waals surface area contributed by atoms with Crippen LogP contribution in [0, 0.1) is 6.92 Å². The first kappa shape index (κ1) is 14.4. The lowest BCUT2D eigenvalue weighted by molar-refractivity contribution is 0.359. The molecule has 0 aliphatic rings. The summed E-state index contributed by atoms with van der Waals surface area (Å²) in [6.07, 6.45) is 0.925. The van der Waals surface area contributed by atoms with Crippen molar-refractivity contribution in [3.8, 4) is 0 Å². The normalized spacial score (nSPS) is 12.6. The van der Waals surface area contributed by atoms with Gasteiger partial charge in [0.05, 0.1) is 12.2 Å². The highest BCUT2D eigenvalue weighted by molar-refractivity contribution is 6.35. The lowest BCUT2D eigenvalue weighted by Crippen LogP contribution is -2.20. The van der Waals surface area contributed by atoms with Crippen LogP contribution in [0.15, 0.2) is 28.8 Å². The zero-order valence-corrected chi connectivity index (χ0v) is 12.4. The van der Waals surface area contributed by atoms with E-state index in [4.69, 9.17) is 27.7 Å². The Labute approximate surface area is 122 Å². The fourth-order valence-corrected chi connectivity index (χ4v) is 2.52. The topological polar surface area (TPSA) is 38.1 Å². The van der Waals surface area contributed by atoms with Gasteiger partial charge in [0, 0.05) is 22.2 Å². The second-order valence-electron chi connectivity index (χ2n) is 4.44. The van der Waals surface area contributed by atoms with Crippen molar-refractivity contribution in [1.29, 1.82) is 0 Å². The van der Waals surface area contributed by atoms with Crippen LogP contribution in [-0.4, -0.2) is 5.16 Å². The average molecular weight is 299 g/mol. The summed E-state index contributed by atoms with van der Waals surface area (Å²) in [5.41, 5.74) is 1.93. The van der Waals surface area contributed by atoms with Crippen molar-refractivity contribution in [2.75, 3.05) is 0 Å². The summed E-state index contributed by atoms with van der Waals surface area (Å²) >= 11 is 12.1. The quantitative estimate of drug-likeness (QED) is 0.881. The zero-order valence-electron chi connectivity index (χ0n) is 10.9. The molecule has 0 bridgehead atoms. The van der Waals surface area contributed by atoms with Gasteiger partial charge in [-0.05, 0) is 31.0 Å². The number of aryl methyl sites for hydroxylation is 1. The predicted molar refractivity (Wildman–Crippen MR) is 77.6 cm³/mol. The Morgan fingerprint density at radius 1 is 1.32 bits per heavy atom. The summed E-state index contributed by atoms with van der Waals surface area (Å²) in [4.78, 5) is 0. The van der Waals surface area contributed by atoms with Crippen LogP contribution >= 0.6 is 23.2 Å². The molecule has 19 heavy (non-hydrogen) atoms. The third-order valence-corrected chi connectivity index (χ3v) is 3.51. The molecule has 1 aromatic carbocycles. The van der Waals surface area contributed by atoms with E-state index in [2.05, 4.69) is 17.4 Å². The van der Waals surface area contributed by atoms with Crippen molar-refractivity contribution in [3.63, 3.8) is 0 Å². The molecule has 1 aromatic heterocycles. The van der Waals surface area contributed by atoms with Crippen molar-refractivity contribution in [3.05, 3.63) is 51.3 Å². The second kappa shape index (κ2) is 6.42. The van der Waals surface area contributed by atoms with Gasteiger partial charge in [-0.3, -0.25) is 0 Å².